The van der Waals surface area contributed by atoms with Gasteiger partial charge in [0.1, 0.15) is 0 Å². The average Bonchev–Trinajstić information content (AvgIpc) is 2.31. The van der Waals surface area contributed by atoms with E-state index in [0.29, 0.717) is 11.7 Å². The molecule has 88 valence electrons. The fraction of sp³-hybridized carbons (Fsp3) is 0.583. The van der Waals surface area contributed by atoms with Gasteiger partial charge in [-0.05, 0) is 44.0 Å². The minimum Gasteiger partial charge on any atom is -0.316 e. The van der Waals surface area contributed by atoms with Crippen LogP contribution in [-0.4, -0.2) is 28.0 Å². The van der Waals surface area contributed by atoms with Crippen molar-refractivity contribution in [3.63, 3.8) is 0 Å². The monoisotopic (exact) mass is 238 g/mol. The molecule has 0 saturated carbocycles. The minimum absolute atomic E-state index is 0.582. The molecule has 3 nitrogen and oxygen atoms in total. The third-order valence-corrected chi connectivity index (χ3v) is 4.32. The Morgan fingerprint density at radius 3 is 3.12 bits per heavy atom. The van der Waals surface area contributed by atoms with Gasteiger partial charge in [0, 0.05) is 22.7 Å². The average molecular weight is 238 g/mol. The number of hydrogen-bond acceptors (Lipinski definition) is 3. The second-order valence-corrected chi connectivity index (χ2v) is 5.79. The molecule has 0 unspecified atom stereocenters. The molecule has 2 heterocycles. The topological polar surface area (TPSA) is 42.0 Å². The Morgan fingerprint density at radius 2 is 2.44 bits per heavy atom. The Hall–Kier alpha value is -0.740. The largest absolute Gasteiger partial charge is 0.316 e. The van der Waals surface area contributed by atoms with Crippen LogP contribution >= 0.6 is 0 Å². The summed E-state index contributed by atoms with van der Waals surface area (Å²) < 4.78 is 11.9. The summed E-state index contributed by atoms with van der Waals surface area (Å²) in [6, 6.07) is 5.77. The number of rotatable bonds is 4. The molecule has 16 heavy (non-hydrogen) atoms. The van der Waals surface area contributed by atoms with Crippen molar-refractivity contribution < 1.29 is 4.21 Å². The van der Waals surface area contributed by atoms with Crippen molar-refractivity contribution in [3.05, 3.63) is 30.1 Å². The molecule has 0 aromatic carbocycles. The van der Waals surface area contributed by atoms with Crippen LogP contribution in [0.1, 0.15) is 18.5 Å². The van der Waals surface area contributed by atoms with E-state index in [1.165, 1.54) is 12.8 Å². The van der Waals surface area contributed by atoms with Crippen LogP contribution in [0.15, 0.2) is 24.4 Å². The normalized spacial score (nSPS) is 22.9. The molecule has 1 fully saturated rings. The molecule has 1 aromatic heterocycles. The van der Waals surface area contributed by atoms with Gasteiger partial charge >= 0.3 is 0 Å². The number of nitrogens with one attached hydrogen (secondary N) is 1. The maximum Gasteiger partial charge on any atom is 0.0658 e. The number of nitrogens with zero attached hydrogens (tertiary/aromatic N) is 1. The van der Waals surface area contributed by atoms with E-state index in [1.54, 1.807) is 6.20 Å². The van der Waals surface area contributed by atoms with Gasteiger partial charge < -0.3 is 5.32 Å². The molecule has 1 aliphatic rings. The Bertz CT molecular complexity index is 336. The molecule has 0 radical (unpaired) electrons. The summed E-state index contributed by atoms with van der Waals surface area (Å²) in [6.45, 7) is 2.14. The Morgan fingerprint density at radius 1 is 1.50 bits per heavy atom. The van der Waals surface area contributed by atoms with Crippen LogP contribution in [0.25, 0.3) is 0 Å². The molecular formula is C12H18N2OS. The first kappa shape index (κ1) is 11.7. The summed E-state index contributed by atoms with van der Waals surface area (Å²) in [7, 11) is -0.771. The van der Waals surface area contributed by atoms with Crippen LogP contribution in [0.5, 0.6) is 0 Å². The highest BCUT2D eigenvalue weighted by Gasteiger charge is 2.16. The van der Waals surface area contributed by atoms with Crippen LogP contribution in [0.4, 0.5) is 0 Å². The Kier molecular flexibility index (Phi) is 4.48. The molecule has 0 amide bonds. The van der Waals surface area contributed by atoms with E-state index in [1.807, 2.05) is 18.2 Å². The molecule has 4 heteroatoms. The lowest BCUT2D eigenvalue weighted by Crippen LogP contribution is -2.32. The SMILES string of the molecule is O=[S@](Cc1ccccn1)C[C@@H]1CCCNC1. The van der Waals surface area contributed by atoms with Crippen molar-refractivity contribution in [2.45, 2.75) is 18.6 Å². The Balaban J connectivity index is 1.80. The molecule has 0 aliphatic carbocycles. The van der Waals surface area contributed by atoms with E-state index in [2.05, 4.69) is 10.3 Å². The maximum absolute atomic E-state index is 11.9. The van der Waals surface area contributed by atoms with Gasteiger partial charge in [-0.3, -0.25) is 9.19 Å². The zero-order valence-corrected chi connectivity index (χ0v) is 10.2. The maximum atomic E-state index is 11.9. The van der Waals surface area contributed by atoms with Crippen molar-refractivity contribution in [1.82, 2.24) is 10.3 Å². The standard InChI is InChI=1S/C12H18N2OS/c15-16(9-11-4-3-6-13-8-11)10-12-5-1-2-7-14-12/h1-2,5,7,11,13H,3-4,6,8-10H2/t11-,16+/m1/s1. The molecule has 1 aromatic rings. The highest BCUT2D eigenvalue weighted by Crippen LogP contribution is 2.12. The first-order valence-corrected chi connectivity index (χ1v) is 7.29. The molecule has 1 aliphatic heterocycles. The van der Waals surface area contributed by atoms with Crippen LogP contribution < -0.4 is 5.32 Å². The molecule has 1 N–H and O–H groups in total. The van der Waals surface area contributed by atoms with E-state index >= 15 is 0 Å². The molecule has 0 spiro atoms. The molecule has 2 rings (SSSR count). The van der Waals surface area contributed by atoms with Gasteiger partial charge in [0.05, 0.1) is 11.4 Å². The quantitative estimate of drug-likeness (QED) is 0.860. The zero-order chi connectivity index (χ0) is 11.2. The summed E-state index contributed by atoms with van der Waals surface area (Å²) in [4.78, 5) is 4.20. The van der Waals surface area contributed by atoms with E-state index < -0.39 is 10.8 Å². The summed E-state index contributed by atoms with van der Waals surface area (Å²) >= 11 is 0. The molecule has 1 saturated heterocycles. The van der Waals surface area contributed by atoms with Crippen molar-refractivity contribution in [3.8, 4) is 0 Å². The van der Waals surface area contributed by atoms with Gasteiger partial charge in [-0.1, -0.05) is 6.07 Å². The second kappa shape index (κ2) is 6.11. The summed E-state index contributed by atoms with van der Waals surface area (Å²) in [6.07, 6.45) is 4.18. The van der Waals surface area contributed by atoms with E-state index in [0.717, 1.165) is 24.5 Å². The summed E-state index contributed by atoms with van der Waals surface area (Å²) in [5, 5.41) is 3.35. The predicted octanol–water partition coefficient (Wildman–Crippen LogP) is 1.33. The van der Waals surface area contributed by atoms with E-state index in [4.69, 9.17) is 0 Å². The van der Waals surface area contributed by atoms with Gasteiger partial charge in [0.15, 0.2) is 0 Å². The van der Waals surface area contributed by atoms with E-state index in [-0.39, 0.29) is 0 Å². The van der Waals surface area contributed by atoms with Crippen molar-refractivity contribution in [1.29, 1.82) is 0 Å². The van der Waals surface area contributed by atoms with Crippen molar-refractivity contribution >= 4 is 10.8 Å². The molecule has 0 bridgehead atoms. The highest BCUT2D eigenvalue weighted by molar-refractivity contribution is 7.84. The number of hydrogen-bond donors (Lipinski definition) is 1. The predicted molar refractivity (Wildman–Crippen MR) is 66.5 cm³/mol. The first-order valence-electron chi connectivity index (χ1n) is 5.80. The summed E-state index contributed by atoms with van der Waals surface area (Å²) in [5.41, 5.74) is 0.935. The highest BCUT2D eigenvalue weighted by atomic mass is 32.2. The fourth-order valence-electron chi connectivity index (χ4n) is 2.04. The van der Waals surface area contributed by atoms with Gasteiger partial charge in [0.25, 0.3) is 0 Å². The first-order chi connectivity index (χ1) is 7.84. The van der Waals surface area contributed by atoms with Gasteiger partial charge in [0.2, 0.25) is 0 Å². The molecular weight excluding hydrogens is 220 g/mol. The van der Waals surface area contributed by atoms with Crippen LogP contribution in [0, 0.1) is 5.92 Å². The van der Waals surface area contributed by atoms with E-state index in [9.17, 15) is 4.21 Å². The lowest BCUT2D eigenvalue weighted by Gasteiger charge is -2.22. The summed E-state index contributed by atoms with van der Waals surface area (Å²) in [5.74, 6) is 1.99. The lowest BCUT2D eigenvalue weighted by molar-refractivity contribution is 0.408. The van der Waals surface area contributed by atoms with Crippen molar-refractivity contribution in [2.75, 3.05) is 18.8 Å². The fourth-order valence-corrected chi connectivity index (χ4v) is 3.47. The van der Waals surface area contributed by atoms with Crippen LogP contribution in [-0.2, 0) is 16.6 Å². The zero-order valence-electron chi connectivity index (χ0n) is 9.39. The number of aromatic nitrogens is 1. The Labute approximate surface area is 99.1 Å². The van der Waals surface area contributed by atoms with Crippen LogP contribution in [0.2, 0.25) is 0 Å². The smallest absolute Gasteiger partial charge is 0.0658 e. The van der Waals surface area contributed by atoms with Gasteiger partial charge in [-0.25, -0.2) is 0 Å². The van der Waals surface area contributed by atoms with Crippen molar-refractivity contribution in [2.24, 2.45) is 5.92 Å². The van der Waals surface area contributed by atoms with Crippen LogP contribution in [0.3, 0.4) is 0 Å². The number of piperidine rings is 1. The number of pyridine rings is 1. The van der Waals surface area contributed by atoms with Gasteiger partial charge in [-0.15, -0.1) is 0 Å². The third kappa shape index (κ3) is 3.68. The lowest BCUT2D eigenvalue weighted by atomic mass is 10.0. The second-order valence-electron chi connectivity index (χ2n) is 4.28. The molecule has 2 atom stereocenters. The third-order valence-electron chi connectivity index (χ3n) is 2.86. The minimum atomic E-state index is -0.771. The van der Waals surface area contributed by atoms with Gasteiger partial charge in [-0.2, -0.15) is 0 Å².